The van der Waals surface area contributed by atoms with Gasteiger partial charge >= 0.3 is 5.97 Å². The van der Waals surface area contributed by atoms with E-state index in [-0.39, 0.29) is 24.5 Å². The second-order valence-electron chi connectivity index (χ2n) is 5.31. The first kappa shape index (κ1) is 16.7. The highest BCUT2D eigenvalue weighted by Crippen LogP contribution is 2.20. The number of hydrogen-bond donors (Lipinski definition) is 1. The molecule has 0 saturated carbocycles. The zero-order chi connectivity index (χ0) is 15.9. The number of rotatable bonds is 5. The van der Waals surface area contributed by atoms with E-state index in [1.165, 1.54) is 13.3 Å². The van der Waals surface area contributed by atoms with Crippen LogP contribution >= 0.6 is 11.6 Å². The van der Waals surface area contributed by atoms with Crippen molar-refractivity contribution in [1.82, 2.24) is 9.88 Å². The lowest BCUT2D eigenvalue weighted by Gasteiger charge is -2.34. The minimum absolute atomic E-state index is 0.0603. The lowest BCUT2D eigenvalue weighted by Crippen LogP contribution is -2.45. The number of esters is 1. The molecule has 2 heterocycles. The van der Waals surface area contributed by atoms with Gasteiger partial charge in [-0.15, -0.1) is 0 Å². The lowest BCUT2D eigenvalue weighted by molar-refractivity contribution is -0.142. The molecule has 1 aromatic rings. The van der Waals surface area contributed by atoms with Gasteiger partial charge in [0.2, 0.25) is 5.91 Å². The smallest absolute Gasteiger partial charge is 0.307 e. The Bertz CT molecular complexity index is 521. The van der Waals surface area contributed by atoms with Gasteiger partial charge in [0.15, 0.2) is 0 Å². The summed E-state index contributed by atoms with van der Waals surface area (Å²) in [6.07, 6.45) is 4.81. The van der Waals surface area contributed by atoms with Gasteiger partial charge in [0.05, 0.1) is 25.1 Å². The molecule has 1 atom stereocenters. The highest BCUT2D eigenvalue weighted by molar-refractivity contribution is 6.30. The SMILES string of the molecule is COC(=O)C[C@H]1CCCCN1CC(=O)Nc1ccc(Cl)cn1. The maximum atomic E-state index is 12.1. The fraction of sp³-hybridized carbons (Fsp3) is 0.533. The van der Waals surface area contributed by atoms with E-state index in [4.69, 9.17) is 16.3 Å². The van der Waals surface area contributed by atoms with Gasteiger partial charge in [-0.1, -0.05) is 18.0 Å². The summed E-state index contributed by atoms with van der Waals surface area (Å²) in [6, 6.07) is 3.39. The molecule has 7 heteroatoms. The zero-order valence-corrected chi connectivity index (χ0v) is 13.3. The number of carbonyl (C=O) groups excluding carboxylic acids is 2. The predicted molar refractivity (Wildman–Crippen MR) is 83.7 cm³/mol. The maximum absolute atomic E-state index is 12.1. The molecule has 1 aromatic heterocycles. The van der Waals surface area contributed by atoms with Gasteiger partial charge in [-0.3, -0.25) is 14.5 Å². The third kappa shape index (κ3) is 4.96. The number of hydrogen-bond acceptors (Lipinski definition) is 5. The quantitative estimate of drug-likeness (QED) is 0.839. The van der Waals surface area contributed by atoms with Crippen molar-refractivity contribution in [2.24, 2.45) is 0 Å². The van der Waals surface area contributed by atoms with Crippen LogP contribution in [0.4, 0.5) is 5.82 Å². The third-order valence-corrected chi connectivity index (χ3v) is 3.94. The van der Waals surface area contributed by atoms with Gasteiger partial charge in [0.1, 0.15) is 5.82 Å². The van der Waals surface area contributed by atoms with Crippen molar-refractivity contribution in [3.63, 3.8) is 0 Å². The summed E-state index contributed by atoms with van der Waals surface area (Å²) in [5.74, 6) is 0.0826. The van der Waals surface area contributed by atoms with Crippen molar-refractivity contribution < 1.29 is 14.3 Å². The van der Waals surface area contributed by atoms with Crippen LogP contribution in [0.5, 0.6) is 0 Å². The normalized spacial score (nSPS) is 18.7. The number of amides is 1. The Hall–Kier alpha value is -1.66. The number of carbonyl (C=O) groups is 2. The van der Waals surface area contributed by atoms with E-state index in [1.807, 2.05) is 4.90 Å². The number of nitrogens with zero attached hydrogens (tertiary/aromatic N) is 2. The van der Waals surface area contributed by atoms with Crippen LogP contribution < -0.4 is 5.32 Å². The van der Waals surface area contributed by atoms with E-state index in [0.29, 0.717) is 17.3 Å². The van der Waals surface area contributed by atoms with Crippen LogP contribution in [0, 0.1) is 0 Å². The predicted octanol–water partition coefficient (Wildman–Crippen LogP) is 2.09. The van der Waals surface area contributed by atoms with Crippen molar-refractivity contribution in [2.75, 3.05) is 25.5 Å². The number of pyridine rings is 1. The molecular weight excluding hydrogens is 306 g/mol. The van der Waals surface area contributed by atoms with E-state index in [0.717, 1.165) is 25.8 Å². The molecule has 22 heavy (non-hydrogen) atoms. The Morgan fingerprint density at radius 2 is 2.27 bits per heavy atom. The van der Waals surface area contributed by atoms with Crippen LogP contribution in [0.3, 0.4) is 0 Å². The number of halogens is 1. The number of anilines is 1. The number of aromatic nitrogens is 1. The van der Waals surface area contributed by atoms with Crippen molar-refractivity contribution in [1.29, 1.82) is 0 Å². The molecule has 2 rings (SSSR count). The van der Waals surface area contributed by atoms with Gasteiger partial charge < -0.3 is 10.1 Å². The fourth-order valence-corrected chi connectivity index (χ4v) is 2.70. The van der Waals surface area contributed by atoms with Gasteiger partial charge in [-0.2, -0.15) is 0 Å². The van der Waals surface area contributed by atoms with Crippen LogP contribution in [0.2, 0.25) is 5.02 Å². The third-order valence-electron chi connectivity index (χ3n) is 3.72. The Kier molecular flexibility index (Phi) is 6.15. The van der Waals surface area contributed by atoms with E-state index in [1.54, 1.807) is 12.1 Å². The topological polar surface area (TPSA) is 71.5 Å². The van der Waals surface area contributed by atoms with Gasteiger partial charge in [-0.05, 0) is 31.5 Å². The van der Waals surface area contributed by atoms with Gasteiger partial charge in [0, 0.05) is 12.2 Å². The molecule has 1 aliphatic rings. The average molecular weight is 326 g/mol. The number of methoxy groups -OCH3 is 1. The Labute approximate surface area is 134 Å². The van der Waals surface area contributed by atoms with Crippen LogP contribution in [0.1, 0.15) is 25.7 Å². The second-order valence-corrected chi connectivity index (χ2v) is 5.75. The van der Waals surface area contributed by atoms with Crippen molar-refractivity contribution in [3.8, 4) is 0 Å². The second kappa shape index (κ2) is 8.10. The lowest BCUT2D eigenvalue weighted by atomic mass is 9.99. The van der Waals surface area contributed by atoms with Crippen LogP contribution in [-0.2, 0) is 14.3 Å². The molecule has 0 aromatic carbocycles. The minimum Gasteiger partial charge on any atom is -0.469 e. The van der Waals surface area contributed by atoms with Crippen molar-refractivity contribution >= 4 is 29.3 Å². The monoisotopic (exact) mass is 325 g/mol. The fourth-order valence-electron chi connectivity index (χ4n) is 2.59. The molecule has 6 nitrogen and oxygen atoms in total. The van der Waals surface area contributed by atoms with E-state index >= 15 is 0 Å². The van der Waals surface area contributed by atoms with Crippen molar-refractivity contribution in [2.45, 2.75) is 31.7 Å². The van der Waals surface area contributed by atoms with E-state index in [9.17, 15) is 9.59 Å². The van der Waals surface area contributed by atoms with Crippen LogP contribution in [-0.4, -0.2) is 48.0 Å². The molecule has 1 amide bonds. The Balaban J connectivity index is 1.90. The number of ether oxygens (including phenoxy) is 1. The maximum Gasteiger partial charge on any atom is 0.307 e. The molecule has 0 bridgehead atoms. The molecule has 0 spiro atoms. The number of piperidine rings is 1. The zero-order valence-electron chi connectivity index (χ0n) is 12.5. The first-order valence-electron chi connectivity index (χ1n) is 7.31. The summed E-state index contributed by atoms with van der Waals surface area (Å²) in [5.41, 5.74) is 0. The molecule has 1 saturated heterocycles. The molecule has 1 aliphatic heterocycles. The van der Waals surface area contributed by atoms with E-state index in [2.05, 4.69) is 10.3 Å². The minimum atomic E-state index is -0.239. The van der Waals surface area contributed by atoms with Gasteiger partial charge in [0.25, 0.3) is 0 Å². The molecule has 1 fully saturated rings. The summed E-state index contributed by atoms with van der Waals surface area (Å²) in [7, 11) is 1.38. The molecule has 0 radical (unpaired) electrons. The molecule has 1 N–H and O–H groups in total. The molecule has 0 aliphatic carbocycles. The van der Waals surface area contributed by atoms with Crippen molar-refractivity contribution in [3.05, 3.63) is 23.4 Å². The molecular formula is C15H20ClN3O3. The summed E-state index contributed by atoms with van der Waals surface area (Å²) in [6.45, 7) is 1.05. The van der Waals surface area contributed by atoms with Crippen LogP contribution in [0.15, 0.2) is 18.3 Å². The summed E-state index contributed by atoms with van der Waals surface area (Å²) < 4.78 is 4.72. The first-order chi connectivity index (χ1) is 10.6. The Morgan fingerprint density at radius 1 is 1.45 bits per heavy atom. The summed E-state index contributed by atoms with van der Waals surface area (Å²) in [4.78, 5) is 29.7. The standard InChI is InChI=1S/C15H20ClN3O3/c1-22-15(21)8-12-4-2-3-7-19(12)10-14(20)18-13-6-5-11(16)9-17-13/h5-6,9,12H,2-4,7-8,10H2,1H3,(H,17,18,20)/t12-/m1/s1. The van der Waals surface area contributed by atoms with Gasteiger partial charge in [-0.25, -0.2) is 4.98 Å². The molecule has 120 valence electrons. The van der Waals surface area contributed by atoms with Crippen LogP contribution in [0.25, 0.3) is 0 Å². The largest absolute Gasteiger partial charge is 0.469 e. The number of likely N-dealkylation sites (tertiary alicyclic amines) is 1. The molecule has 0 unspecified atom stereocenters. The summed E-state index contributed by atoms with van der Waals surface area (Å²) >= 11 is 5.76. The Morgan fingerprint density at radius 3 is 2.95 bits per heavy atom. The average Bonchev–Trinajstić information content (AvgIpc) is 2.51. The number of nitrogens with one attached hydrogen (secondary N) is 1. The highest BCUT2D eigenvalue weighted by atomic mass is 35.5. The first-order valence-corrected chi connectivity index (χ1v) is 7.68. The van der Waals surface area contributed by atoms with E-state index < -0.39 is 0 Å². The highest BCUT2D eigenvalue weighted by Gasteiger charge is 2.26. The summed E-state index contributed by atoms with van der Waals surface area (Å²) in [5, 5.41) is 3.26.